The van der Waals surface area contributed by atoms with Crippen molar-refractivity contribution in [2.45, 2.75) is 19.8 Å². The normalized spacial score (nSPS) is 11.1. The van der Waals surface area contributed by atoms with Crippen molar-refractivity contribution in [2.24, 2.45) is 0 Å². The fraction of sp³-hybridized carbons (Fsp3) is 0.136. The quantitative estimate of drug-likeness (QED) is 0.484. The highest BCUT2D eigenvalue weighted by atomic mass is 16.4. The van der Waals surface area contributed by atoms with Gasteiger partial charge in [0, 0.05) is 11.1 Å². The van der Waals surface area contributed by atoms with Crippen LogP contribution in [0.15, 0.2) is 65.1 Å². The number of aromatic carboxylic acids is 1. The number of aryl methyl sites for hydroxylation is 1. The van der Waals surface area contributed by atoms with Gasteiger partial charge in [0.15, 0.2) is 5.76 Å². The first-order valence-electron chi connectivity index (χ1n) is 8.70. The number of para-hydroxylation sites is 1. The summed E-state index contributed by atoms with van der Waals surface area (Å²) in [7, 11) is 0. The minimum atomic E-state index is -0.922. The number of furan rings is 1. The Labute approximate surface area is 151 Å². The zero-order valence-corrected chi connectivity index (χ0v) is 14.5. The second-order valence-electron chi connectivity index (χ2n) is 6.36. The number of hydrogen-bond acceptors (Lipinski definition) is 2. The second-order valence-corrected chi connectivity index (χ2v) is 6.36. The van der Waals surface area contributed by atoms with Crippen molar-refractivity contribution in [3.05, 3.63) is 71.8 Å². The van der Waals surface area contributed by atoms with E-state index in [-0.39, 0.29) is 5.56 Å². The van der Waals surface area contributed by atoms with Crippen molar-refractivity contribution in [3.8, 4) is 22.7 Å². The summed E-state index contributed by atoms with van der Waals surface area (Å²) >= 11 is 0. The molecule has 2 N–H and O–H groups in total. The molecule has 0 aliphatic heterocycles. The molecular formula is C22H19NO3. The molecule has 2 aromatic heterocycles. The van der Waals surface area contributed by atoms with Crippen LogP contribution >= 0.6 is 0 Å². The predicted octanol–water partition coefficient (Wildman–Crippen LogP) is 5.75. The molecule has 0 aliphatic rings. The largest absolute Gasteiger partial charge is 0.478 e. The molecule has 4 heteroatoms. The molecule has 0 bridgehead atoms. The van der Waals surface area contributed by atoms with Crippen LogP contribution < -0.4 is 0 Å². The molecule has 130 valence electrons. The van der Waals surface area contributed by atoms with Crippen molar-refractivity contribution in [1.29, 1.82) is 0 Å². The Morgan fingerprint density at radius 2 is 1.81 bits per heavy atom. The van der Waals surface area contributed by atoms with Gasteiger partial charge in [0.1, 0.15) is 5.58 Å². The molecular weight excluding hydrogens is 326 g/mol. The lowest BCUT2D eigenvalue weighted by molar-refractivity contribution is 0.0697. The molecule has 0 amide bonds. The van der Waals surface area contributed by atoms with Crippen LogP contribution in [0, 0.1) is 0 Å². The zero-order valence-electron chi connectivity index (χ0n) is 14.5. The van der Waals surface area contributed by atoms with Gasteiger partial charge in [-0.25, -0.2) is 4.79 Å². The number of hydrogen-bond donors (Lipinski definition) is 2. The molecule has 0 radical (unpaired) electrons. The number of carboxylic acids is 1. The van der Waals surface area contributed by atoms with Gasteiger partial charge in [-0.1, -0.05) is 43.7 Å². The monoisotopic (exact) mass is 345 g/mol. The van der Waals surface area contributed by atoms with Gasteiger partial charge in [0.2, 0.25) is 0 Å². The van der Waals surface area contributed by atoms with Gasteiger partial charge in [0.05, 0.1) is 11.3 Å². The maximum absolute atomic E-state index is 11.0. The number of carboxylic acid groups (broad SMARTS) is 1. The van der Waals surface area contributed by atoms with Crippen molar-refractivity contribution >= 4 is 16.9 Å². The van der Waals surface area contributed by atoms with E-state index in [2.05, 4.69) is 36.2 Å². The van der Waals surface area contributed by atoms with Crippen LogP contribution in [-0.4, -0.2) is 16.1 Å². The Morgan fingerprint density at radius 1 is 1.04 bits per heavy atom. The molecule has 26 heavy (non-hydrogen) atoms. The lowest BCUT2D eigenvalue weighted by Crippen LogP contribution is -1.94. The lowest BCUT2D eigenvalue weighted by Gasteiger charge is -2.00. The van der Waals surface area contributed by atoms with E-state index in [1.807, 2.05) is 12.1 Å². The van der Waals surface area contributed by atoms with Gasteiger partial charge in [-0.05, 0) is 47.9 Å². The summed E-state index contributed by atoms with van der Waals surface area (Å²) in [6.45, 7) is 2.16. The smallest absolute Gasteiger partial charge is 0.335 e. The maximum atomic E-state index is 11.0. The van der Waals surface area contributed by atoms with Gasteiger partial charge >= 0.3 is 5.97 Å². The van der Waals surface area contributed by atoms with Gasteiger partial charge < -0.3 is 14.5 Å². The standard InChI is InChI=1S/C22H19NO3/c1-2-4-15-5-3-6-17-13-20(26-21(15)17)19-12-11-18(23-19)14-7-9-16(10-8-14)22(24)25/h3,5-13,23H,2,4H2,1H3,(H,24,25). The molecule has 0 spiro atoms. The van der Waals surface area contributed by atoms with E-state index in [9.17, 15) is 4.79 Å². The van der Waals surface area contributed by atoms with Crippen molar-refractivity contribution in [2.75, 3.05) is 0 Å². The van der Waals surface area contributed by atoms with Crippen LogP contribution in [0.25, 0.3) is 33.7 Å². The number of carbonyl (C=O) groups is 1. The molecule has 4 rings (SSSR count). The Balaban J connectivity index is 1.68. The maximum Gasteiger partial charge on any atom is 0.335 e. The summed E-state index contributed by atoms with van der Waals surface area (Å²) in [4.78, 5) is 14.3. The van der Waals surface area contributed by atoms with Crippen LogP contribution in [0.3, 0.4) is 0 Å². The van der Waals surface area contributed by atoms with Crippen molar-refractivity contribution < 1.29 is 14.3 Å². The van der Waals surface area contributed by atoms with Crippen molar-refractivity contribution in [3.63, 3.8) is 0 Å². The number of nitrogens with one attached hydrogen (secondary N) is 1. The molecule has 4 aromatic rings. The molecule has 0 fully saturated rings. The minimum Gasteiger partial charge on any atom is -0.478 e. The Morgan fingerprint density at radius 3 is 2.54 bits per heavy atom. The summed E-state index contributed by atoms with van der Waals surface area (Å²) in [5, 5.41) is 10.1. The molecule has 0 saturated heterocycles. The summed E-state index contributed by atoms with van der Waals surface area (Å²) in [6, 6.07) is 19.1. The van der Waals surface area contributed by atoms with Gasteiger partial charge in [-0.2, -0.15) is 0 Å². The average Bonchev–Trinajstić information content (AvgIpc) is 3.29. The fourth-order valence-electron chi connectivity index (χ4n) is 3.22. The molecule has 4 nitrogen and oxygen atoms in total. The molecule has 2 heterocycles. The van der Waals surface area contributed by atoms with Crippen LogP contribution in [0.5, 0.6) is 0 Å². The average molecular weight is 345 g/mol. The van der Waals surface area contributed by atoms with E-state index in [4.69, 9.17) is 9.52 Å². The summed E-state index contributed by atoms with van der Waals surface area (Å²) in [5.74, 6) is -0.120. The molecule has 0 unspecified atom stereocenters. The first-order chi connectivity index (χ1) is 12.7. The number of benzene rings is 2. The lowest BCUT2D eigenvalue weighted by atomic mass is 10.1. The molecule has 0 saturated carbocycles. The molecule has 0 atom stereocenters. The Bertz CT molecular complexity index is 1070. The van der Waals surface area contributed by atoms with Gasteiger partial charge in [-0.15, -0.1) is 0 Å². The highest BCUT2D eigenvalue weighted by Crippen LogP contribution is 2.31. The first kappa shape index (κ1) is 16.2. The van der Waals surface area contributed by atoms with Gasteiger partial charge in [-0.3, -0.25) is 0 Å². The topological polar surface area (TPSA) is 66.2 Å². The van der Waals surface area contributed by atoms with E-state index in [0.29, 0.717) is 0 Å². The van der Waals surface area contributed by atoms with Crippen LogP contribution in [-0.2, 0) is 6.42 Å². The zero-order chi connectivity index (χ0) is 18.1. The Hall–Kier alpha value is -3.27. The van der Waals surface area contributed by atoms with Crippen LogP contribution in [0.4, 0.5) is 0 Å². The van der Waals surface area contributed by atoms with E-state index in [1.54, 1.807) is 24.3 Å². The van der Waals surface area contributed by atoms with E-state index < -0.39 is 5.97 Å². The van der Waals surface area contributed by atoms with Crippen LogP contribution in [0.1, 0.15) is 29.3 Å². The van der Waals surface area contributed by atoms with E-state index in [1.165, 1.54) is 5.56 Å². The third kappa shape index (κ3) is 2.90. The summed E-state index contributed by atoms with van der Waals surface area (Å²) in [6.07, 6.45) is 2.07. The van der Waals surface area contributed by atoms with Crippen LogP contribution in [0.2, 0.25) is 0 Å². The highest BCUT2D eigenvalue weighted by molar-refractivity contribution is 5.88. The third-order valence-electron chi connectivity index (χ3n) is 4.54. The van der Waals surface area contributed by atoms with Crippen molar-refractivity contribution in [1.82, 2.24) is 4.98 Å². The minimum absolute atomic E-state index is 0.279. The van der Waals surface area contributed by atoms with E-state index in [0.717, 1.165) is 46.5 Å². The molecule has 2 aromatic carbocycles. The number of aromatic amines is 1. The number of rotatable bonds is 5. The Kier molecular flexibility index (Phi) is 4.09. The SMILES string of the molecule is CCCc1cccc2cc(-c3ccc(-c4ccc(C(=O)O)cc4)[nH]3)oc12. The first-order valence-corrected chi connectivity index (χ1v) is 8.70. The number of aromatic nitrogens is 1. The highest BCUT2D eigenvalue weighted by Gasteiger charge is 2.12. The summed E-state index contributed by atoms with van der Waals surface area (Å²) in [5.41, 5.74) is 5.22. The fourth-order valence-corrected chi connectivity index (χ4v) is 3.22. The van der Waals surface area contributed by atoms with Gasteiger partial charge in [0.25, 0.3) is 0 Å². The second kappa shape index (κ2) is 6.56. The third-order valence-corrected chi connectivity index (χ3v) is 4.54. The number of H-pyrrole nitrogens is 1. The number of fused-ring (bicyclic) bond motifs is 1. The predicted molar refractivity (Wildman–Crippen MR) is 102 cm³/mol. The summed E-state index contributed by atoms with van der Waals surface area (Å²) < 4.78 is 6.13. The molecule has 0 aliphatic carbocycles. The van der Waals surface area contributed by atoms with E-state index >= 15 is 0 Å².